The summed E-state index contributed by atoms with van der Waals surface area (Å²) < 4.78 is 1.42. The number of aromatic nitrogens is 4. The van der Waals surface area contributed by atoms with Crippen molar-refractivity contribution in [3.63, 3.8) is 0 Å². The molecule has 12 nitrogen and oxygen atoms in total. The van der Waals surface area contributed by atoms with E-state index in [4.69, 9.17) is 0 Å². The van der Waals surface area contributed by atoms with Gasteiger partial charge in [-0.3, -0.25) is 10.1 Å². The van der Waals surface area contributed by atoms with Gasteiger partial charge in [0.2, 0.25) is 0 Å². The van der Waals surface area contributed by atoms with Crippen LogP contribution in [0.3, 0.4) is 0 Å². The smallest absolute Gasteiger partial charge is 0.287 e. The van der Waals surface area contributed by atoms with Crippen LogP contribution in [0.25, 0.3) is 5.69 Å². The molecule has 0 amide bonds. The van der Waals surface area contributed by atoms with Crippen molar-refractivity contribution in [3.8, 4) is 11.8 Å². The Hall–Kier alpha value is -4.40. The first-order valence-corrected chi connectivity index (χ1v) is 8.37. The third-order valence-electron chi connectivity index (χ3n) is 4.04. The average molecular weight is 392 g/mol. The van der Waals surface area contributed by atoms with Crippen molar-refractivity contribution in [2.24, 2.45) is 10.2 Å². The van der Waals surface area contributed by atoms with E-state index in [0.717, 1.165) is 0 Å². The number of nitriles is 1. The lowest BCUT2D eigenvalue weighted by atomic mass is 10.1. The Bertz CT molecular complexity index is 1130. The van der Waals surface area contributed by atoms with E-state index >= 15 is 0 Å². The molecule has 0 unspecified atom stereocenters. The summed E-state index contributed by atoms with van der Waals surface area (Å²) in [5.74, 6) is 0.972. The molecule has 3 rings (SSSR count). The van der Waals surface area contributed by atoms with E-state index in [1.54, 1.807) is 33.2 Å². The molecule has 12 heteroatoms. The fourth-order valence-corrected chi connectivity index (χ4v) is 2.55. The second kappa shape index (κ2) is 8.09. The lowest BCUT2D eigenvalue weighted by molar-refractivity contribution is -0.384. The topological polar surface area (TPSA) is 159 Å². The number of anilines is 2. The lowest BCUT2D eigenvalue weighted by Gasteiger charge is -2.11. The first-order valence-electron chi connectivity index (χ1n) is 8.37. The van der Waals surface area contributed by atoms with Crippen LogP contribution >= 0.6 is 0 Å². The monoisotopic (exact) mass is 392 g/mol. The summed E-state index contributed by atoms with van der Waals surface area (Å²) in [5.41, 5.74) is 1.94. The number of hydrogen-bond donors (Lipinski definition) is 2. The predicted molar refractivity (Wildman–Crippen MR) is 105 cm³/mol. The van der Waals surface area contributed by atoms with Gasteiger partial charge in [-0.15, -0.1) is 15.3 Å². The van der Waals surface area contributed by atoms with Crippen LogP contribution in [0.2, 0.25) is 0 Å². The van der Waals surface area contributed by atoms with E-state index in [2.05, 4.69) is 42.0 Å². The van der Waals surface area contributed by atoms with Gasteiger partial charge in [-0.2, -0.15) is 10.2 Å². The van der Waals surface area contributed by atoms with Crippen LogP contribution in [0.4, 0.5) is 29.0 Å². The molecular weight excluding hydrogens is 376 g/mol. The van der Waals surface area contributed by atoms with Crippen molar-refractivity contribution < 1.29 is 4.92 Å². The van der Waals surface area contributed by atoms with Gasteiger partial charge in [0, 0.05) is 31.8 Å². The third kappa shape index (κ3) is 3.83. The molecule has 146 valence electrons. The van der Waals surface area contributed by atoms with Crippen LogP contribution in [0.1, 0.15) is 11.1 Å². The van der Waals surface area contributed by atoms with E-state index < -0.39 is 4.92 Å². The van der Waals surface area contributed by atoms with Gasteiger partial charge in [0.25, 0.3) is 11.6 Å². The summed E-state index contributed by atoms with van der Waals surface area (Å²) in [6, 6.07) is 7.96. The molecule has 0 fully saturated rings. The number of azo groups is 1. The van der Waals surface area contributed by atoms with Gasteiger partial charge in [0.15, 0.2) is 5.82 Å². The molecule has 1 aromatic carbocycles. The molecule has 0 aliphatic heterocycles. The number of non-ortho nitro benzene ring substituents is 1. The maximum absolute atomic E-state index is 10.7. The minimum atomic E-state index is -0.477. The zero-order valence-corrected chi connectivity index (χ0v) is 15.8. The van der Waals surface area contributed by atoms with E-state index in [-0.39, 0.29) is 11.6 Å². The molecule has 0 atom stereocenters. The van der Waals surface area contributed by atoms with E-state index in [1.165, 1.54) is 23.1 Å². The fourth-order valence-electron chi connectivity index (χ4n) is 2.55. The van der Waals surface area contributed by atoms with Gasteiger partial charge < -0.3 is 10.6 Å². The van der Waals surface area contributed by atoms with Crippen molar-refractivity contribution in [2.45, 2.75) is 6.92 Å². The van der Waals surface area contributed by atoms with Crippen molar-refractivity contribution in [1.29, 1.82) is 5.26 Å². The lowest BCUT2D eigenvalue weighted by Crippen LogP contribution is -2.03. The van der Waals surface area contributed by atoms with Gasteiger partial charge >= 0.3 is 0 Å². The first-order chi connectivity index (χ1) is 14.0. The quantitative estimate of drug-likeness (QED) is 0.367. The Labute approximate surface area is 165 Å². The van der Waals surface area contributed by atoms with Crippen LogP contribution in [-0.4, -0.2) is 38.8 Å². The van der Waals surface area contributed by atoms with E-state index in [0.29, 0.717) is 34.1 Å². The first kappa shape index (κ1) is 19.4. The largest absolute Gasteiger partial charge is 0.372 e. The summed E-state index contributed by atoms with van der Waals surface area (Å²) in [6.45, 7) is 1.75. The number of pyridine rings is 1. The molecule has 0 bridgehead atoms. The highest BCUT2D eigenvalue weighted by Gasteiger charge is 2.16. The number of hydrogen-bond acceptors (Lipinski definition) is 10. The van der Waals surface area contributed by atoms with Crippen LogP contribution < -0.4 is 10.6 Å². The van der Waals surface area contributed by atoms with Crippen LogP contribution in [-0.2, 0) is 0 Å². The van der Waals surface area contributed by atoms with Gasteiger partial charge in [0.05, 0.1) is 16.2 Å². The zero-order valence-electron chi connectivity index (χ0n) is 15.8. The Balaban J connectivity index is 1.92. The summed E-state index contributed by atoms with van der Waals surface area (Å²) in [4.78, 5) is 18.7. The maximum atomic E-state index is 10.7. The Morgan fingerprint density at radius 2 is 1.86 bits per heavy atom. The van der Waals surface area contributed by atoms with Gasteiger partial charge in [-0.25, -0.2) is 9.67 Å². The second-order valence-electron chi connectivity index (χ2n) is 5.73. The van der Waals surface area contributed by atoms with Crippen molar-refractivity contribution in [3.05, 3.63) is 51.8 Å². The van der Waals surface area contributed by atoms with Crippen molar-refractivity contribution >= 4 is 29.0 Å². The number of benzene rings is 1. The molecule has 0 radical (unpaired) electrons. The SMILES string of the molecule is CNc1nc(NC)c(N=Nc2ncn(-c3ccc([N+](=O)[O-])cc3)n2)c(C)c1C#N. The maximum Gasteiger partial charge on any atom is 0.287 e. The highest BCUT2D eigenvalue weighted by atomic mass is 16.6. The summed E-state index contributed by atoms with van der Waals surface area (Å²) >= 11 is 0. The molecule has 0 aliphatic carbocycles. The second-order valence-corrected chi connectivity index (χ2v) is 5.73. The van der Waals surface area contributed by atoms with Crippen molar-refractivity contribution in [2.75, 3.05) is 24.7 Å². The third-order valence-corrected chi connectivity index (χ3v) is 4.04. The van der Waals surface area contributed by atoms with Crippen LogP contribution in [0, 0.1) is 28.4 Å². The number of nitrogens with zero attached hydrogens (tertiary/aromatic N) is 8. The Morgan fingerprint density at radius 3 is 2.45 bits per heavy atom. The molecule has 0 saturated heterocycles. The average Bonchev–Trinajstić information content (AvgIpc) is 3.21. The Morgan fingerprint density at radius 1 is 1.17 bits per heavy atom. The highest BCUT2D eigenvalue weighted by Crippen LogP contribution is 2.33. The van der Waals surface area contributed by atoms with Gasteiger partial charge in [-0.1, -0.05) is 0 Å². The standard InChI is InChI=1S/C17H16N10O2/c1-10-13(8-18)15(19-2)22-16(20-3)14(10)23-24-17-21-9-26(25-17)11-4-6-12(7-5-11)27(28)29/h4-7,9H,1-3H3,(H2,19,20,22). The molecule has 0 saturated carbocycles. The van der Waals surface area contributed by atoms with Crippen LogP contribution in [0.15, 0.2) is 40.8 Å². The number of nitro benzene ring substituents is 1. The summed E-state index contributed by atoms with van der Waals surface area (Å²) in [6.07, 6.45) is 1.42. The zero-order chi connectivity index (χ0) is 21.0. The molecule has 0 spiro atoms. The number of nitro groups is 1. The van der Waals surface area contributed by atoms with E-state index in [1.807, 2.05) is 0 Å². The summed E-state index contributed by atoms with van der Waals surface area (Å²) in [7, 11) is 3.37. The van der Waals surface area contributed by atoms with Gasteiger partial charge in [-0.05, 0) is 19.1 Å². The van der Waals surface area contributed by atoms with Crippen LogP contribution in [0.5, 0.6) is 0 Å². The fraction of sp³-hybridized carbons (Fsp3) is 0.176. The molecule has 3 aromatic rings. The highest BCUT2D eigenvalue weighted by molar-refractivity contribution is 5.74. The molecule has 2 aromatic heterocycles. The predicted octanol–water partition coefficient (Wildman–Crippen LogP) is 3.25. The minimum absolute atomic E-state index is 0.0188. The molecule has 0 aliphatic rings. The molecular formula is C17H16N10O2. The minimum Gasteiger partial charge on any atom is -0.372 e. The van der Waals surface area contributed by atoms with E-state index in [9.17, 15) is 15.4 Å². The Kier molecular flexibility index (Phi) is 5.40. The van der Waals surface area contributed by atoms with Gasteiger partial charge in [0.1, 0.15) is 23.9 Å². The number of rotatable bonds is 6. The summed E-state index contributed by atoms with van der Waals surface area (Å²) in [5, 5.41) is 38.3. The van der Waals surface area contributed by atoms with Crippen molar-refractivity contribution in [1.82, 2.24) is 19.7 Å². The molecule has 29 heavy (non-hydrogen) atoms. The molecule has 2 N–H and O–H groups in total. The molecule has 2 heterocycles. The number of nitrogens with one attached hydrogen (secondary N) is 2. The normalized spacial score (nSPS) is 10.7.